The molecule has 0 aliphatic carbocycles. The van der Waals surface area contributed by atoms with Gasteiger partial charge in [-0.2, -0.15) is 0 Å². The lowest BCUT2D eigenvalue weighted by Crippen LogP contribution is -2.27. The minimum absolute atomic E-state index is 0.332. The molecule has 3 rings (SSSR count). The lowest BCUT2D eigenvalue weighted by atomic mass is 9.97. The van der Waals surface area contributed by atoms with Crippen LogP contribution in [0.1, 0.15) is 36.8 Å². The van der Waals surface area contributed by atoms with E-state index in [1.54, 1.807) is 0 Å². The van der Waals surface area contributed by atoms with E-state index >= 15 is 0 Å². The Morgan fingerprint density at radius 2 is 2.23 bits per heavy atom. The molecule has 0 bridgehead atoms. The predicted molar refractivity (Wildman–Crippen MR) is 85.4 cm³/mol. The zero-order valence-corrected chi connectivity index (χ0v) is 13.1. The van der Waals surface area contributed by atoms with Crippen molar-refractivity contribution < 1.29 is 14.6 Å². The summed E-state index contributed by atoms with van der Waals surface area (Å²) < 4.78 is 5.55. The molecule has 4 nitrogen and oxygen atoms in total. The Labute approximate surface area is 132 Å². The molecule has 1 atom stereocenters. The van der Waals surface area contributed by atoms with Gasteiger partial charge in [-0.25, -0.2) is 0 Å². The molecular formula is C18H25NO3. The van der Waals surface area contributed by atoms with Gasteiger partial charge in [0.15, 0.2) is 0 Å². The van der Waals surface area contributed by atoms with Gasteiger partial charge in [0.25, 0.3) is 0 Å². The van der Waals surface area contributed by atoms with Crippen LogP contribution in [0.3, 0.4) is 0 Å². The molecule has 120 valence electrons. The first-order valence-electron chi connectivity index (χ1n) is 8.39. The van der Waals surface area contributed by atoms with Crippen molar-refractivity contribution in [3.05, 3.63) is 29.3 Å². The number of aliphatic carboxylic acids is 1. The van der Waals surface area contributed by atoms with Crippen LogP contribution in [0.25, 0.3) is 0 Å². The number of carboxylic acid groups (broad SMARTS) is 1. The summed E-state index contributed by atoms with van der Waals surface area (Å²) in [5.41, 5.74) is 2.73. The van der Waals surface area contributed by atoms with E-state index in [2.05, 4.69) is 23.1 Å². The molecule has 0 radical (unpaired) electrons. The Balaban J connectivity index is 1.48. The molecule has 1 aromatic carbocycles. The second-order valence-corrected chi connectivity index (χ2v) is 6.53. The molecule has 2 aliphatic heterocycles. The maximum atomic E-state index is 10.8. The summed E-state index contributed by atoms with van der Waals surface area (Å²) in [4.78, 5) is 13.3. The number of rotatable bonds is 5. The number of fused-ring (bicyclic) bond motifs is 1. The smallest absolute Gasteiger partial charge is 0.303 e. The molecule has 1 saturated heterocycles. The van der Waals surface area contributed by atoms with Gasteiger partial charge in [0.1, 0.15) is 5.75 Å². The van der Waals surface area contributed by atoms with Gasteiger partial charge in [-0.15, -0.1) is 0 Å². The highest BCUT2D eigenvalue weighted by molar-refractivity contribution is 5.67. The van der Waals surface area contributed by atoms with Gasteiger partial charge in [-0.3, -0.25) is 4.79 Å². The summed E-state index contributed by atoms with van der Waals surface area (Å²) >= 11 is 0. The third-order valence-electron chi connectivity index (χ3n) is 4.87. The number of carboxylic acids is 1. The van der Waals surface area contributed by atoms with Crippen LogP contribution in [0.2, 0.25) is 0 Å². The van der Waals surface area contributed by atoms with Gasteiger partial charge in [-0.05, 0) is 61.9 Å². The number of benzene rings is 1. The highest BCUT2D eigenvalue weighted by atomic mass is 16.5. The highest BCUT2D eigenvalue weighted by Crippen LogP contribution is 2.26. The Hall–Kier alpha value is -1.55. The van der Waals surface area contributed by atoms with Gasteiger partial charge in [0.05, 0.1) is 6.61 Å². The second kappa shape index (κ2) is 7.14. The topological polar surface area (TPSA) is 49.8 Å². The maximum Gasteiger partial charge on any atom is 0.303 e. The third-order valence-corrected chi connectivity index (χ3v) is 4.87. The Bertz CT molecular complexity index is 529. The van der Waals surface area contributed by atoms with Crippen LogP contribution >= 0.6 is 0 Å². The van der Waals surface area contributed by atoms with Crippen LogP contribution in [0.5, 0.6) is 5.75 Å². The minimum atomic E-state index is -0.654. The lowest BCUT2D eigenvalue weighted by molar-refractivity contribution is -0.138. The molecular weight excluding hydrogens is 278 g/mol. The van der Waals surface area contributed by atoms with Crippen molar-refractivity contribution in [1.82, 2.24) is 4.90 Å². The van der Waals surface area contributed by atoms with E-state index in [0.29, 0.717) is 12.3 Å². The quantitative estimate of drug-likeness (QED) is 0.908. The van der Waals surface area contributed by atoms with Crippen LogP contribution in [-0.2, 0) is 17.6 Å². The molecule has 22 heavy (non-hydrogen) atoms. The summed E-state index contributed by atoms with van der Waals surface area (Å²) in [5, 5.41) is 8.93. The molecule has 0 amide bonds. The predicted octanol–water partition coefficient (Wildman–Crippen LogP) is 2.74. The zero-order valence-electron chi connectivity index (χ0n) is 13.1. The van der Waals surface area contributed by atoms with Crippen molar-refractivity contribution in [2.45, 2.75) is 38.5 Å². The largest absolute Gasteiger partial charge is 0.493 e. The Morgan fingerprint density at radius 1 is 1.32 bits per heavy atom. The van der Waals surface area contributed by atoms with Gasteiger partial charge in [-0.1, -0.05) is 12.1 Å². The van der Waals surface area contributed by atoms with E-state index in [4.69, 9.17) is 9.84 Å². The van der Waals surface area contributed by atoms with Crippen LogP contribution in [0.15, 0.2) is 18.2 Å². The van der Waals surface area contributed by atoms with Gasteiger partial charge in [0.2, 0.25) is 0 Å². The molecule has 2 heterocycles. The van der Waals surface area contributed by atoms with Crippen molar-refractivity contribution in [3.8, 4) is 5.75 Å². The van der Waals surface area contributed by atoms with Gasteiger partial charge >= 0.3 is 5.97 Å². The first-order chi connectivity index (χ1) is 10.7. The fourth-order valence-electron chi connectivity index (χ4n) is 3.58. The maximum absolute atomic E-state index is 10.8. The Morgan fingerprint density at radius 3 is 3.09 bits per heavy atom. The van der Waals surface area contributed by atoms with Crippen molar-refractivity contribution in [2.24, 2.45) is 5.92 Å². The molecule has 1 N–H and O–H groups in total. The fraction of sp³-hybridized carbons (Fsp3) is 0.611. The molecule has 0 unspecified atom stereocenters. The average molecular weight is 303 g/mol. The van der Waals surface area contributed by atoms with Crippen molar-refractivity contribution in [3.63, 3.8) is 0 Å². The van der Waals surface area contributed by atoms with Crippen LogP contribution in [-0.4, -0.2) is 42.2 Å². The number of hydrogen-bond acceptors (Lipinski definition) is 3. The molecule has 1 fully saturated rings. The van der Waals surface area contributed by atoms with E-state index in [9.17, 15) is 4.79 Å². The molecule has 2 aliphatic rings. The van der Waals surface area contributed by atoms with E-state index < -0.39 is 5.97 Å². The number of hydrogen-bond donors (Lipinski definition) is 1. The number of nitrogens with zero attached hydrogens (tertiary/aromatic N) is 1. The number of carbonyl (C=O) groups is 1. The van der Waals surface area contributed by atoms with E-state index in [1.807, 2.05) is 0 Å². The van der Waals surface area contributed by atoms with E-state index in [1.165, 1.54) is 11.1 Å². The molecule has 0 saturated carbocycles. The molecule has 4 heteroatoms. The van der Waals surface area contributed by atoms with Crippen LogP contribution in [0, 0.1) is 5.92 Å². The molecule has 1 aromatic rings. The zero-order chi connectivity index (χ0) is 15.4. The fourth-order valence-corrected chi connectivity index (χ4v) is 3.58. The number of ether oxygens (including phenoxy) is 1. The van der Waals surface area contributed by atoms with Crippen LogP contribution < -0.4 is 4.74 Å². The first-order valence-corrected chi connectivity index (χ1v) is 8.39. The average Bonchev–Trinajstić information content (AvgIpc) is 2.85. The molecule has 0 spiro atoms. The van der Waals surface area contributed by atoms with Crippen molar-refractivity contribution in [1.29, 1.82) is 0 Å². The minimum Gasteiger partial charge on any atom is -0.493 e. The SMILES string of the molecule is O=C(O)C[C@H]1CCCN(CCc2ccc3c(c2)CCO3)CC1. The molecule has 0 aromatic heterocycles. The van der Waals surface area contributed by atoms with Crippen molar-refractivity contribution in [2.75, 3.05) is 26.2 Å². The standard InChI is InChI=1S/C18H25NO3/c20-18(21)13-14-2-1-8-19(9-5-14)10-6-15-3-4-17-16(12-15)7-11-22-17/h3-4,12,14H,1-2,5-11,13H2,(H,20,21)/t14-/m0/s1. The lowest BCUT2D eigenvalue weighted by Gasteiger charge is -2.20. The summed E-state index contributed by atoms with van der Waals surface area (Å²) in [6, 6.07) is 6.56. The van der Waals surface area contributed by atoms with E-state index in [0.717, 1.165) is 64.1 Å². The van der Waals surface area contributed by atoms with Gasteiger partial charge in [0, 0.05) is 19.4 Å². The summed E-state index contributed by atoms with van der Waals surface area (Å²) in [7, 11) is 0. The summed E-state index contributed by atoms with van der Waals surface area (Å²) in [6.07, 6.45) is 5.62. The van der Waals surface area contributed by atoms with Crippen LogP contribution in [0.4, 0.5) is 0 Å². The van der Waals surface area contributed by atoms with Gasteiger partial charge < -0.3 is 14.7 Å². The summed E-state index contributed by atoms with van der Waals surface area (Å²) in [6.45, 7) is 4.02. The van der Waals surface area contributed by atoms with E-state index in [-0.39, 0.29) is 0 Å². The normalized spacial score (nSPS) is 21.9. The monoisotopic (exact) mass is 303 g/mol. The summed E-state index contributed by atoms with van der Waals surface area (Å²) in [5.74, 6) is 0.758. The second-order valence-electron chi connectivity index (χ2n) is 6.53. The third kappa shape index (κ3) is 4.01. The van der Waals surface area contributed by atoms with Crippen molar-refractivity contribution >= 4 is 5.97 Å². The first kappa shape index (κ1) is 15.3. The number of likely N-dealkylation sites (tertiary alicyclic amines) is 1. The Kier molecular flexibility index (Phi) is 4.98. The highest BCUT2D eigenvalue weighted by Gasteiger charge is 2.19.